The summed E-state index contributed by atoms with van der Waals surface area (Å²) in [5.41, 5.74) is 5.54. The number of amides is 1. The van der Waals surface area contributed by atoms with Crippen LogP contribution in [0.15, 0.2) is 28.7 Å². The van der Waals surface area contributed by atoms with E-state index in [2.05, 4.69) is 21.2 Å². The van der Waals surface area contributed by atoms with Gasteiger partial charge in [-0.3, -0.25) is 4.79 Å². The molecule has 19 heavy (non-hydrogen) atoms. The average molecular weight is 352 g/mol. The van der Waals surface area contributed by atoms with Crippen LogP contribution in [0.5, 0.6) is 5.75 Å². The first-order chi connectivity index (χ1) is 8.49. The average Bonchev–Trinajstić information content (AvgIpc) is 2.29. The molecule has 0 bridgehead atoms. The molecule has 1 aromatic rings. The minimum atomic E-state index is -0.121. The summed E-state index contributed by atoms with van der Waals surface area (Å²) in [5.74, 6) is 0.721. The quantitative estimate of drug-likeness (QED) is 0.827. The molecule has 2 atom stereocenters. The van der Waals surface area contributed by atoms with Crippen LogP contribution in [0.25, 0.3) is 0 Å². The van der Waals surface area contributed by atoms with E-state index < -0.39 is 0 Å². The van der Waals surface area contributed by atoms with Crippen molar-refractivity contribution in [3.63, 3.8) is 0 Å². The SMILES string of the molecule is CC(N)CC(=O)NCC(C)Oc1ccccc1Br.Cl. The minimum Gasteiger partial charge on any atom is -0.488 e. The molecular formula is C13H20BrClN2O2. The zero-order valence-electron chi connectivity index (χ0n) is 11.1. The third kappa shape index (κ3) is 7.40. The van der Waals surface area contributed by atoms with Gasteiger partial charge in [-0.2, -0.15) is 0 Å². The van der Waals surface area contributed by atoms with Gasteiger partial charge in [0.15, 0.2) is 0 Å². The third-order valence-corrected chi connectivity index (χ3v) is 2.91. The van der Waals surface area contributed by atoms with Crippen molar-refractivity contribution in [1.82, 2.24) is 5.32 Å². The molecule has 1 amide bonds. The Hall–Kier alpha value is -0.780. The van der Waals surface area contributed by atoms with Gasteiger partial charge in [0.1, 0.15) is 11.9 Å². The van der Waals surface area contributed by atoms with Crippen LogP contribution >= 0.6 is 28.3 Å². The molecule has 0 spiro atoms. The molecule has 0 saturated carbocycles. The number of para-hydroxylation sites is 1. The molecule has 0 aliphatic heterocycles. The molecule has 0 aromatic heterocycles. The summed E-state index contributed by atoms with van der Waals surface area (Å²) in [5, 5.41) is 2.79. The normalized spacial score (nSPS) is 13.1. The Labute approximate surface area is 128 Å². The second kappa shape index (κ2) is 9.18. The lowest BCUT2D eigenvalue weighted by Gasteiger charge is -2.16. The van der Waals surface area contributed by atoms with Crippen LogP contribution < -0.4 is 15.8 Å². The van der Waals surface area contributed by atoms with Crippen molar-refractivity contribution in [3.05, 3.63) is 28.7 Å². The Morgan fingerprint density at radius 2 is 2.05 bits per heavy atom. The Morgan fingerprint density at radius 1 is 1.42 bits per heavy atom. The van der Waals surface area contributed by atoms with Crippen molar-refractivity contribution in [3.8, 4) is 5.75 Å². The summed E-state index contributed by atoms with van der Waals surface area (Å²) in [6, 6.07) is 7.50. The molecule has 4 nitrogen and oxygen atoms in total. The molecule has 0 saturated heterocycles. The van der Waals surface area contributed by atoms with Crippen LogP contribution in [0.3, 0.4) is 0 Å². The fourth-order valence-electron chi connectivity index (χ4n) is 1.42. The van der Waals surface area contributed by atoms with Crippen molar-refractivity contribution < 1.29 is 9.53 Å². The topological polar surface area (TPSA) is 64.4 Å². The highest BCUT2D eigenvalue weighted by molar-refractivity contribution is 9.10. The standard InChI is InChI=1S/C13H19BrN2O2.ClH/c1-9(15)7-13(17)16-8-10(2)18-12-6-4-3-5-11(12)14;/h3-6,9-10H,7-8,15H2,1-2H3,(H,16,17);1H. The van der Waals surface area contributed by atoms with Crippen LogP contribution in [-0.2, 0) is 4.79 Å². The van der Waals surface area contributed by atoms with E-state index in [-0.39, 0.29) is 30.5 Å². The lowest BCUT2D eigenvalue weighted by molar-refractivity contribution is -0.121. The molecule has 0 aliphatic carbocycles. The van der Waals surface area contributed by atoms with Crippen LogP contribution in [0, 0.1) is 0 Å². The first-order valence-electron chi connectivity index (χ1n) is 5.92. The molecule has 0 heterocycles. The monoisotopic (exact) mass is 350 g/mol. The van der Waals surface area contributed by atoms with Crippen LogP contribution in [0.2, 0.25) is 0 Å². The molecule has 6 heteroatoms. The van der Waals surface area contributed by atoms with Gasteiger partial charge in [0.2, 0.25) is 5.91 Å². The third-order valence-electron chi connectivity index (χ3n) is 2.26. The van der Waals surface area contributed by atoms with Crippen LogP contribution in [0.4, 0.5) is 0 Å². The van der Waals surface area contributed by atoms with Gasteiger partial charge < -0.3 is 15.8 Å². The molecule has 1 aromatic carbocycles. The number of nitrogens with one attached hydrogen (secondary N) is 1. The molecule has 108 valence electrons. The van der Waals surface area contributed by atoms with Gasteiger partial charge >= 0.3 is 0 Å². The highest BCUT2D eigenvalue weighted by atomic mass is 79.9. The second-order valence-electron chi connectivity index (χ2n) is 4.34. The Kier molecular flexibility index (Phi) is 8.80. The highest BCUT2D eigenvalue weighted by Crippen LogP contribution is 2.24. The number of rotatable bonds is 6. The van der Waals surface area contributed by atoms with E-state index >= 15 is 0 Å². The molecule has 0 radical (unpaired) electrons. The number of nitrogens with two attached hydrogens (primary N) is 1. The van der Waals surface area contributed by atoms with Crippen molar-refractivity contribution in [2.45, 2.75) is 32.4 Å². The smallest absolute Gasteiger partial charge is 0.221 e. The maximum absolute atomic E-state index is 11.4. The number of ether oxygens (including phenoxy) is 1. The van der Waals surface area contributed by atoms with Gasteiger partial charge in [0.05, 0.1) is 11.0 Å². The largest absolute Gasteiger partial charge is 0.488 e. The van der Waals surface area contributed by atoms with Gasteiger partial charge in [0, 0.05) is 12.5 Å². The summed E-state index contributed by atoms with van der Waals surface area (Å²) in [6.07, 6.45) is 0.239. The molecule has 0 aliphatic rings. The summed E-state index contributed by atoms with van der Waals surface area (Å²) in [7, 11) is 0. The number of halogens is 2. The van der Waals surface area contributed by atoms with Crippen molar-refractivity contribution in [2.24, 2.45) is 5.73 Å². The summed E-state index contributed by atoms with van der Waals surface area (Å²) < 4.78 is 6.61. The van der Waals surface area contributed by atoms with E-state index in [0.29, 0.717) is 13.0 Å². The van der Waals surface area contributed by atoms with Gasteiger partial charge in [-0.25, -0.2) is 0 Å². The Bertz CT molecular complexity index is 402. The van der Waals surface area contributed by atoms with Crippen LogP contribution in [-0.4, -0.2) is 24.6 Å². The highest BCUT2D eigenvalue weighted by Gasteiger charge is 2.09. The predicted octanol–water partition coefficient (Wildman–Crippen LogP) is 2.49. The molecule has 2 unspecified atom stereocenters. The van der Waals surface area contributed by atoms with Gasteiger partial charge in [0.25, 0.3) is 0 Å². The van der Waals surface area contributed by atoms with Crippen molar-refractivity contribution in [2.75, 3.05) is 6.54 Å². The van der Waals surface area contributed by atoms with E-state index in [1.54, 1.807) is 6.92 Å². The summed E-state index contributed by atoms with van der Waals surface area (Å²) in [6.45, 7) is 4.18. The second-order valence-corrected chi connectivity index (χ2v) is 5.20. The van der Waals surface area contributed by atoms with E-state index in [1.807, 2.05) is 31.2 Å². The number of carbonyl (C=O) groups excluding carboxylic acids is 1. The maximum atomic E-state index is 11.4. The predicted molar refractivity (Wildman–Crippen MR) is 82.8 cm³/mol. The molecule has 1 rings (SSSR count). The first-order valence-corrected chi connectivity index (χ1v) is 6.71. The van der Waals surface area contributed by atoms with E-state index in [4.69, 9.17) is 10.5 Å². The lowest BCUT2D eigenvalue weighted by Crippen LogP contribution is -2.36. The van der Waals surface area contributed by atoms with Crippen molar-refractivity contribution in [1.29, 1.82) is 0 Å². The Morgan fingerprint density at radius 3 is 2.63 bits per heavy atom. The van der Waals surface area contributed by atoms with Gasteiger partial charge in [-0.05, 0) is 41.9 Å². The summed E-state index contributed by atoms with van der Waals surface area (Å²) >= 11 is 3.41. The fourth-order valence-corrected chi connectivity index (χ4v) is 1.80. The molecule has 0 fully saturated rings. The Balaban J connectivity index is 0.00000324. The van der Waals surface area contributed by atoms with Gasteiger partial charge in [-0.15, -0.1) is 12.4 Å². The summed E-state index contributed by atoms with van der Waals surface area (Å²) in [4.78, 5) is 11.4. The zero-order valence-corrected chi connectivity index (χ0v) is 13.5. The van der Waals surface area contributed by atoms with E-state index in [9.17, 15) is 4.79 Å². The number of carbonyl (C=O) groups is 1. The molecule has 3 N–H and O–H groups in total. The van der Waals surface area contributed by atoms with Crippen molar-refractivity contribution >= 4 is 34.2 Å². The molecular weight excluding hydrogens is 332 g/mol. The maximum Gasteiger partial charge on any atom is 0.221 e. The fraction of sp³-hybridized carbons (Fsp3) is 0.462. The number of hydrogen-bond donors (Lipinski definition) is 2. The first kappa shape index (κ1) is 18.2. The number of benzene rings is 1. The lowest BCUT2D eigenvalue weighted by atomic mass is 10.2. The zero-order chi connectivity index (χ0) is 13.5. The van der Waals surface area contributed by atoms with E-state index in [1.165, 1.54) is 0 Å². The van der Waals surface area contributed by atoms with E-state index in [0.717, 1.165) is 10.2 Å². The van der Waals surface area contributed by atoms with Crippen LogP contribution in [0.1, 0.15) is 20.3 Å². The van der Waals surface area contributed by atoms with Gasteiger partial charge in [-0.1, -0.05) is 12.1 Å². The number of hydrogen-bond acceptors (Lipinski definition) is 3. The minimum absolute atomic E-state index is 0.